The van der Waals surface area contributed by atoms with Crippen LogP contribution >= 0.6 is 23.5 Å². The van der Waals surface area contributed by atoms with Gasteiger partial charge in [-0.05, 0) is 41.3 Å². The quantitative estimate of drug-likeness (QED) is 0.460. The minimum atomic E-state index is -0.541. The molecule has 0 spiro atoms. The highest BCUT2D eigenvalue weighted by atomic mass is 32.2. The van der Waals surface area contributed by atoms with E-state index in [0.717, 1.165) is 17.5 Å². The third-order valence-corrected chi connectivity index (χ3v) is 4.54. The zero-order chi connectivity index (χ0) is 17.7. The molecule has 126 valence electrons. The lowest BCUT2D eigenvalue weighted by Crippen LogP contribution is -2.07. The summed E-state index contributed by atoms with van der Waals surface area (Å²) >= 11 is 2.60. The highest BCUT2D eigenvalue weighted by Gasteiger charge is 2.22. The summed E-state index contributed by atoms with van der Waals surface area (Å²) in [6, 6.07) is 4.67. The van der Waals surface area contributed by atoms with Gasteiger partial charge in [-0.3, -0.25) is 14.4 Å². The molecule has 0 aromatic heterocycles. The summed E-state index contributed by atoms with van der Waals surface area (Å²) in [4.78, 5) is 38.6. The number of ether oxygens (including phenoxy) is 2. The first-order valence-electron chi connectivity index (χ1n) is 7.05. The number of thioether (sulfide) groups is 2. The van der Waals surface area contributed by atoms with Gasteiger partial charge in [-0.2, -0.15) is 0 Å². The minimum absolute atomic E-state index is 0.109. The summed E-state index contributed by atoms with van der Waals surface area (Å²) in [5, 5.41) is -0.135. The third kappa shape index (κ3) is 4.97. The van der Waals surface area contributed by atoms with Gasteiger partial charge in [0.05, 0.1) is 0 Å². The number of nitrogens with zero attached hydrogens (tertiary/aromatic N) is 1. The van der Waals surface area contributed by atoms with E-state index >= 15 is 0 Å². The van der Waals surface area contributed by atoms with Crippen LogP contribution in [0.25, 0.3) is 6.08 Å². The molecule has 24 heavy (non-hydrogen) atoms. The molecule has 1 aliphatic heterocycles. The molecular formula is C16H15NO5S2. The van der Waals surface area contributed by atoms with Crippen molar-refractivity contribution in [2.24, 2.45) is 4.99 Å². The van der Waals surface area contributed by atoms with Gasteiger partial charge >= 0.3 is 11.9 Å². The smallest absolute Gasteiger partial charge is 0.308 e. The average Bonchev–Trinajstić information content (AvgIpc) is 2.81. The lowest BCUT2D eigenvalue weighted by molar-refractivity contribution is -0.134. The Balaban J connectivity index is 2.34. The lowest BCUT2D eigenvalue weighted by atomic mass is 10.1. The van der Waals surface area contributed by atoms with Crippen molar-refractivity contribution in [2.75, 3.05) is 5.75 Å². The molecule has 0 bridgehead atoms. The predicted molar refractivity (Wildman–Crippen MR) is 95.2 cm³/mol. The van der Waals surface area contributed by atoms with Gasteiger partial charge in [0.15, 0.2) is 11.5 Å². The van der Waals surface area contributed by atoms with Crippen LogP contribution in [0.15, 0.2) is 28.9 Å². The number of carbonyl (C=O) groups is 3. The van der Waals surface area contributed by atoms with E-state index in [1.807, 2.05) is 6.92 Å². The first-order chi connectivity index (χ1) is 11.4. The zero-order valence-corrected chi connectivity index (χ0v) is 15.0. The fourth-order valence-electron chi connectivity index (χ4n) is 1.82. The van der Waals surface area contributed by atoms with Gasteiger partial charge in [-0.15, -0.1) is 0 Å². The van der Waals surface area contributed by atoms with Crippen LogP contribution in [0.3, 0.4) is 0 Å². The van der Waals surface area contributed by atoms with Crippen molar-refractivity contribution in [1.82, 2.24) is 0 Å². The largest absolute Gasteiger partial charge is 0.423 e. The number of benzene rings is 1. The van der Waals surface area contributed by atoms with Crippen LogP contribution in [0.1, 0.15) is 26.3 Å². The predicted octanol–water partition coefficient (Wildman–Crippen LogP) is 3.26. The molecular weight excluding hydrogens is 350 g/mol. The van der Waals surface area contributed by atoms with E-state index in [9.17, 15) is 14.4 Å². The molecule has 8 heteroatoms. The maximum absolute atomic E-state index is 12.0. The second kappa shape index (κ2) is 8.16. The number of hydrogen-bond donors (Lipinski definition) is 0. The van der Waals surface area contributed by atoms with Crippen molar-refractivity contribution in [1.29, 1.82) is 0 Å². The molecule has 0 atom stereocenters. The van der Waals surface area contributed by atoms with E-state index in [-0.39, 0.29) is 16.6 Å². The summed E-state index contributed by atoms with van der Waals surface area (Å²) in [6.45, 7) is 4.49. The van der Waals surface area contributed by atoms with E-state index < -0.39 is 11.9 Å². The molecule has 0 radical (unpaired) electrons. The standard InChI is InChI=1S/C16H15NO5S2/c1-4-23-16-17-12(15(20)24-16)7-11-5-6-13(21-9(2)18)14(8-11)22-10(3)19/h5-8H,4H2,1-3H3/b12-7+. The third-order valence-electron chi connectivity index (χ3n) is 2.65. The Bertz CT molecular complexity index is 755. The Hall–Kier alpha value is -2.06. The fraction of sp³-hybridized carbons (Fsp3) is 0.250. The van der Waals surface area contributed by atoms with E-state index in [4.69, 9.17) is 9.47 Å². The summed E-state index contributed by atoms with van der Waals surface area (Å²) in [6.07, 6.45) is 1.60. The normalized spacial score (nSPS) is 15.4. The van der Waals surface area contributed by atoms with Crippen LogP contribution in [-0.4, -0.2) is 27.2 Å². The van der Waals surface area contributed by atoms with Gasteiger partial charge in [-0.25, -0.2) is 4.99 Å². The molecule has 0 unspecified atom stereocenters. The number of aliphatic imine (C=N–C) groups is 1. The van der Waals surface area contributed by atoms with Crippen molar-refractivity contribution in [3.05, 3.63) is 29.5 Å². The molecule has 1 aliphatic rings. The summed E-state index contributed by atoms with van der Waals surface area (Å²) in [5.41, 5.74) is 0.933. The van der Waals surface area contributed by atoms with Gasteiger partial charge < -0.3 is 9.47 Å². The SMILES string of the molecule is CCSC1=N/C(=C/c2ccc(OC(C)=O)c(OC(C)=O)c2)C(=O)S1. The topological polar surface area (TPSA) is 82.0 Å². The number of carbonyl (C=O) groups excluding carboxylic acids is 3. The lowest BCUT2D eigenvalue weighted by Gasteiger charge is -2.09. The van der Waals surface area contributed by atoms with Crippen LogP contribution in [0, 0.1) is 0 Å². The van der Waals surface area contributed by atoms with E-state index in [1.54, 1.807) is 12.1 Å². The zero-order valence-electron chi connectivity index (χ0n) is 13.3. The molecule has 0 aliphatic carbocycles. The number of rotatable bonds is 4. The molecule has 0 amide bonds. The molecule has 1 heterocycles. The van der Waals surface area contributed by atoms with Crippen LogP contribution in [-0.2, 0) is 14.4 Å². The Morgan fingerprint density at radius 3 is 2.50 bits per heavy atom. The van der Waals surface area contributed by atoms with Crippen molar-refractivity contribution in [3.8, 4) is 11.5 Å². The van der Waals surface area contributed by atoms with Gasteiger partial charge in [-0.1, -0.05) is 24.8 Å². The molecule has 0 fully saturated rings. The number of hydrogen-bond acceptors (Lipinski definition) is 8. The van der Waals surface area contributed by atoms with Gasteiger partial charge in [0.25, 0.3) is 0 Å². The monoisotopic (exact) mass is 365 g/mol. The second-order valence-corrected chi connectivity index (χ2v) is 7.10. The molecule has 0 saturated heterocycles. The van der Waals surface area contributed by atoms with Crippen LogP contribution in [0.5, 0.6) is 11.5 Å². The minimum Gasteiger partial charge on any atom is -0.423 e. The van der Waals surface area contributed by atoms with Gasteiger partial charge in [0.1, 0.15) is 10.1 Å². The van der Waals surface area contributed by atoms with E-state index in [1.165, 1.54) is 37.7 Å². The van der Waals surface area contributed by atoms with Gasteiger partial charge in [0.2, 0.25) is 5.12 Å². The van der Waals surface area contributed by atoms with E-state index in [0.29, 0.717) is 15.6 Å². The molecule has 1 aromatic carbocycles. The first-order valence-corrected chi connectivity index (χ1v) is 8.85. The summed E-state index contributed by atoms with van der Waals surface area (Å²) in [7, 11) is 0. The maximum Gasteiger partial charge on any atom is 0.308 e. The van der Waals surface area contributed by atoms with E-state index in [2.05, 4.69) is 4.99 Å². The van der Waals surface area contributed by atoms with Crippen molar-refractivity contribution >= 4 is 51.0 Å². The summed E-state index contributed by atoms with van der Waals surface area (Å²) in [5.74, 6) is 0.0122. The molecule has 6 nitrogen and oxygen atoms in total. The fourth-order valence-corrected chi connectivity index (χ4v) is 3.56. The Morgan fingerprint density at radius 2 is 1.88 bits per heavy atom. The maximum atomic E-state index is 12.0. The van der Waals surface area contributed by atoms with Gasteiger partial charge in [0, 0.05) is 13.8 Å². The molecule has 0 saturated carbocycles. The van der Waals surface area contributed by atoms with Crippen LogP contribution in [0.2, 0.25) is 0 Å². The molecule has 2 rings (SSSR count). The Morgan fingerprint density at radius 1 is 1.21 bits per heavy atom. The van der Waals surface area contributed by atoms with Crippen molar-refractivity contribution in [3.63, 3.8) is 0 Å². The molecule has 0 N–H and O–H groups in total. The van der Waals surface area contributed by atoms with Crippen molar-refractivity contribution in [2.45, 2.75) is 20.8 Å². The highest BCUT2D eigenvalue weighted by Crippen LogP contribution is 2.33. The summed E-state index contributed by atoms with van der Waals surface area (Å²) < 4.78 is 10.8. The number of esters is 2. The highest BCUT2D eigenvalue weighted by molar-refractivity contribution is 8.45. The average molecular weight is 365 g/mol. The molecule has 1 aromatic rings. The van der Waals surface area contributed by atoms with Crippen LogP contribution < -0.4 is 9.47 Å². The first kappa shape index (κ1) is 18.3. The second-order valence-electron chi connectivity index (χ2n) is 4.62. The van der Waals surface area contributed by atoms with Crippen molar-refractivity contribution < 1.29 is 23.9 Å². The van der Waals surface area contributed by atoms with Crippen LogP contribution in [0.4, 0.5) is 0 Å². The Kier molecular flexibility index (Phi) is 6.22. The Labute approximate surface area is 147 Å².